The Hall–Kier alpha value is -3.25. The molecule has 0 aliphatic heterocycles. The first-order chi connectivity index (χ1) is 13.6. The molecule has 2 heterocycles. The van der Waals surface area contributed by atoms with Gasteiger partial charge in [-0.25, -0.2) is 9.97 Å². The van der Waals surface area contributed by atoms with Gasteiger partial charge in [0, 0.05) is 16.5 Å². The van der Waals surface area contributed by atoms with Crippen LogP contribution in [0.3, 0.4) is 0 Å². The van der Waals surface area contributed by atoms with Crippen LogP contribution in [0.1, 0.15) is 17.0 Å². The molecule has 2 aromatic heterocycles. The van der Waals surface area contributed by atoms with E-state index in [4.69, 9.17) is 4.42 Å². The van der Waals surface area contributed by atoms with E-state index in [-0.39, 0.29) is 12.3 Å². The molecular weight excluding hydrogens is 370 g/mol. The summed E-state index contributed by atoms with van der Waals surface area (Å²) in [4.78, 5) is 21.5. The van der Waals surface area contributed by atoms with Crippen molar-refractivity contribution in [2.45, 2.75) is 20.3 Å². The highest BCUT2D eigenvalue weighted by Gasteiger charge is 2.16. The Kier molecular flexibility index (Phi) is 5.04. The molecule has 0 saturated heterocycles. The number of nitrogens with zero attached hydrogens (tertiary/aromatic N) is 2. The summed E-state index contributed by atoms with van der Waals surface area (Å²) in [6.45, 7) is 3.87. The normalized spacial score (nSPS) is 10.8. The molecule has 0 aliphatic rings. The molecule has 2 aromatic carbocycles. The fourth-order valence-corrected chi connectivity index (χ4v) is 3.65. The number of aryl methyl sites for hydroxylation is 2. The number of hydrogen-bond donors (Lipinski definition) is 1. The zero-order valence-electron chi connectivity index (χ0n) is 15.6. The van der Waals surface area contributed by atoms with Gasteiger partial charge in [-0.3, -0.25) is 4.79 Å². The van der Waals surface area contributed by atoms with Crippen molar-refractivity contribution in [3.63, 3.8) is 0 Å². The molecule has 0 atom stereocenters. The standard InChI is InChI=1S/C22H19N3O2S/c1-14-8-6-7-11-17(14)19-13-28-22(24-19)25-20(26)12-18-15(2)27-21(23-18)16-9-4-3-5-10-16/h3-11,13H,12H2,1-2H3,(H,24,25,26). The highest BCUT2D eigenvalue weighted by Crippen LogP contribution is 2.27. The summed E-state index contributed by atoms with van der Waals surface area (Å²) in [7, 11) is 0. The monoisotopic (exact) mass is 389 g/mol. The van der Waals surface area contributed by atoms with E-state index in [2.05, 4.69) is 15.3 Å². The lowest BCUT2D eigenvalue weighted by Crippen LogP contribution is -2.15. The third-order valence-electron chi connectivity index (χ3n) is 4.41. The smallest absolute Gasteiger partial charge is 0.232 e. The topological polar surface area (TPSA) is 68.0 Å². The molecule has 0 unspecified atom stereocenters. The Bertz CT molecular complexity index is 1120. The molecular formula is C22H19N3O2S. The third-order valence-corrected chi connectivity index (χ3v) is 5.17. The van der Waals surface area contributed by atoms with E-state index in [0.29, 0.717) is 22.5 Å². The largest absolute Gasteiger partial charge is 0.441 e. The van der Waals surface area contributed by atoms with Crippen LogP contribution < -0.4 is 5.32 Å². The van der Waals surface area contributed by atoms with Crippen LogP contribution in [0, 0.1) is 13.8 Å². The van der Waals surface area contributed by atoms with E-state index in [9.17, 15) is 4.79 Å². The van der Waals surface area contributed by atoms with Crippen molar-refractivity contribution < 1.29 is 9.21 Å². The quantitative estimate of drug-likeness (QED) is 0.505. The van der Waals surface area contributed by atoms with Crippen LogP contribution in [0.5, 0.6) is 0 Å². The van der Waals surface area contributed by atoms with Crippen LogP contribution in [-0.2, 0) is 11.2 Å². The number of carbonyl (C=O) groups excluding carboxylic acids is 1. The number of benzene rings is 2. The van der Waals surface area contributed by atoms with E-state index in [1.54, 1.807) is 0 Å². The molecule has 0 saturated carbocycles. The van der Waals surface area contributed by atoms with Crippen molar-refractivity contribution in [1.82, 2.24) is 9.97 Å². The number of nitrogens with one attached hydrogen (secondary N) is 1. The lowest BCUT2D eigenvalue weighted by atomic mass is 10.1. The number of anilines is 1. The van der Waals surface area contributed by atoms with Crippen LogP contribution in [-0.4, -0.2) is 15.9 Å². The number of amides is 1. The van der Waals surface area contributed by atoms with Crippen molar-refractivity contribution in [3.8, 4) is 22.7 Å². The minimum absolute atomic E-state index is 0.140. The first-order valence-corrected chi connectivity index (χ1v) is 9.81. The van der Waals surface area contributed by atoms with Gasteiger partial charge in [-0.1, -0.05) is 42.5 Å². The maximum absolute atomic E-state index is 12.5. The summed E-state index contributed by atoms with van der Waals surface area (Å²) < 4.78 is 5.72. The van der Waals surface area contributed by atoms with Gasteiger partial charge < -0.3 is 9.73 Å². The fraction of sp³-hybridized carbons (Fsp3) is 0.136. The van der Waals surface area contributed by atoms with E-state index in [0.717, 1.165) is 22.4 Å². The first kappa shape index (κ1) is 18.1. The second-order valence-electron chi connectivity index (χ2n) is 6.47. The second kappa shape index (κ2) is 7.78. The minimum Gasteiger partial charge on any atom is -0.441 e. The molecule has 1 N–H and O–H groups in total. The number of oxazole rings is 1. The number of aromatic nitrogens is 2. The molecule has 0 radical (unpaired) electrons. The summed E-state index contributed by atoms with van der Waals surface area (Å²) in [5.74, 6) is 1.01. The van der Waals surface area contributed by atoms with Crippen LogP contribution >= 0.6 is 11.3 Å². The van der Waals surface area contributed by atoms with Crippen molar-refractivity contribution >= 4 is 22.4 Å². The van der Waals surface area contributed by atoms with E-state index in [1.165, 1.54) is 11.3 Å². The van der Waals surface area contributed by atoms with Gasteiger partial charge in [0.2, 0.25) is 11.8 Å². The maximum atomic E-state index is 12.5. The van der Waals surface area contributed by atoms with Gasteiger partial charge in [0.15, 0.2) is 5.13 Å². The molecule has 5 nitrogen and oxygen atoms in total. The van der Waals surface area contributed by atoms with E-state index >= 15 is 0 Å². The number of rotatable bonds is 5. The van der Waals surface area contributed by atoms with Crippen LogP contribution in [0.15, 0.2) is 64.4 Å². The SMILES string of the molecule is Cc1ccccc1-c1csc(NC(=O)Cc2nc(-c3ccccc3)oc2C)n1. The van der Waals surface area contributed by atoms with Crippen molar-refractivity contribution in [3.05, 3.63) is 77.0 Å². The predicted octanol–water partition coefficient (Wildman–Crippen LogP) is 5.26. The minimum atomic E-state index is -0.165. The van der Waals surface area contributed by atoms with Gasteiger partial charge in [0.05, 0.1) is 17.8 Å². The zero-order valence-corrected chi connectivity index (χ0v) is 16.4. The summed E-state index contributed by atoms with van der Waals surface area (Å²) in [6, 6.07) is 17.7. The molecule has 28 heavy (non-hydrogen) atoms. The summed E-state index contributed by atoms with van der Waals surface area (Å²) in [5.41, 5.74) is 4.60. The number of hydrogen-bond acceptors (Lipinski definition) is 5. The Morgan fingerprint density at radius 3 is 2.57 bits per heavy atom. The molecule has 0 bridgehead atoms. The van der Waals surface area contributed by atoms with Gasteiger partial charge in [-0.05, 0) is 31.5 Å². The Morgan fingerprint density at radius 2 is 1.79 bits per heavy atom. The zero-order chi connectivity index (χ0) is 19.5. The van der Waals surface area contributed by atoms with Crippen molar-refractivity contribution in [1.29, 1.82) is 0 Å². The van der Waals surface area contributed by atoms with Crippen molar-refractivity contribution in [2.75, 3.05) is 5.32 Å². The molecule has 4 rings (SSSR count). The Balaban J connectivity index is 1.46. The van der Waals surface area contributed by atoms with Gasteiger partial charge in [-0.15, -0.1) is 11.3 Å². The summed E-state index contributed by atoms with van der Waals surface area (Å²) in [5, 5.41) is 5.39. The highest BCUT2D eigenvalue weighted by atomic mass is 32.1. The van der Waals surface area contributed by atoms with Gasteiger partial charge in [-0.2, -0.15) is 0 Å². The van der Waals surface area contributed by atoms with Crippen LogP contribution in [0.4, 0.5) is 5.13 Å². The maximum Gasteiger partial charge on any atom is 0.232 e. The van der Waals surface area contributed by atoms with Crippen LogP contribution in [0.25, 0.3) is 22.7 Å². The predicted molar refractivity (Wildman–Crippen MR) is 111 cm³/mol. The Morgan fingerprint density at radius 1 is 1.04 bits per heavy atom. The average Bonchev–Trinajstić information content (AvgIpc) is 3.30. The highest BCUT2D eigenvalue weighted by molar-refractivity contribution is 7.14. The molecule has 140 valence electrons. The molecule has 0 fully saturated rings. The third kappa shape index (κ3) is 3.87. The van der Waals surface area contributed by atoms with E-state index in [1.807, 2.05) is 73.8 Å². The summed E-state index contributed by atoms with van der Waals surface area (Å²) >= 11 is 1.41. The molecule has 1 amide bonds. The van der Waals surface area contributed by atoms with Crippen molar-refractivity contribution in [2.24, 2.45) is 0 Å². The van der Waals surface area contributed by atoms with Gasteiger partial charge in [0.1, 0.15) is 5.76 Å². The average molecular weight is 389 g/mol. The fourth-order valence-electron chi connectivity index (χ4n) is 2.93. The number of carbonyl (C=O) groups is 1. The lowest BCUT2D eigenvalue weighted by Gasteiger charge is -2.02. The Labute approximate surface area is 167 Å². The molecule has 6 heteroatoms. The van der Waals surface area contributed by atoms with E-state index < -0.39 is 0 Å². The molecule has 4 aromatic rings. The van der Waals surface area contributed by atoms with Gasteiger partial charge in [0.25, 0.3) is 0 Å². The van der Waals surface area contributed by atoms with Gasteiger partial charge >= 0.3 is 0 Å². The lowest BCUT2D eigenvalue weighted by molar-refractivity contribution is -0.115. The molecule has 0 spiro atoms. The number of thiazole rings is 1. The summed E-state index contributed by atoms with van der Waals surface area (Å²) in [6.07, 6.45) is 0.140. The first-order valence-electron chi connectivity index (χ1n) is 8.93. The van der Waals surface area contributed by atoms with Crippen LogP contribution in [0.2, 0.25) is 0 Å². The second-order valence-corrected chi connectivity index (χ2v) is 7.32. The molecule has 0 aliphatic carbocycles.